The average molecular weight is 142 g/mol. The monoisotopic (exact) mass is 142 g/mol. The van der Waals surface area contributed by atoms with Gasteiger partial charge in [0.1, 0.15) is 0 Å². The van der Waals surface area contributed by atoms with Crippen LogP contribution in [0.1, 0.15) is 6.42 Å². The van der Waals surface area contributed by atoms with Crippen LogP contribution in [0.25, 0.3) is 0 Å². The second kappa shape index (κ2) is 3.79. The van der Waals surface area contributed by atoms with Crippen LogP contribution in [-0.2, 0) is 0 Å². The Morgan fingerprint density at radius 2 is 2.00 bits per heavy atom. The molecule has 0 radical (unpaired) electrons. The van der Waals surface area contributed by atoms with Crippen LogP contribution in [0.3, 0.4) is 0 Å². The zero-order valence-electron chi connectivity index (χ0n) is 5.88. The van der Waals surface area contributed by atoms with E-state index in [1.165, 1.54) is 6.20 Å². The maximum atomic E-state index is 5.49. The third-order valence-electron chi connectivity index (χ3n) is 1.15. The summed E-state index contributed by atoms with van der Waals surface area (Å²) >= 11 is 0. The normalized spacial score (nSPS) is 14.7. The van der Waals surface area contributed by atoms with Gasteiger partial charge in [-0.15, -0.1) is 0 Å². The van der Waals surface area contributed by atoms with Gasteiger partial charge in [0.05, 0.1) is 0 Å². The van der Waals surface area contributed by atoms with Gasteiger partial charge in [-0.1, -0.05) is 6.58 Å². The third-order valence-corrected chi connectivity index (χ3v) is 1.15. The lowest BCUT2D eigenvalue weighted by Gasteiger charge is -2.09. The highest BCUT2D eigenvalue weighted by Gasteiger charge is 2.03. The van der Waals surface area contributed by atoms with Crippen LogP contribution in [0, 0.1) is 0 Å². The molecule has 0 saturated carbocycles. The molecule has 0 aromatic carbocycles. The van der Waals surface area contributed by atoms with Crippen molar-refractivity contribution in [1.29, 1.82) is 0 Å². The Balaban J connectivity index is 3.80. The van der Waals surface area contributed by atoms with E-state index in [1.54, 1.807) is 0 Å². The van der Waals surface area contributed by atoms with Gasteiger partial charge in [0, 0.05) is 30.1 Å². The fourth-order valence-corrected chi connectivity index (χ4v) is 0.453. The molecule has 0 amide bonds. The van der Waals surface area contributed by atoms with Crippen molar-refractivity contribution in [2.45, 2.75) is 12.5 Å². The predicted molar refractivity (Wildman–Crippen MR) is 42.4 cm³/mol. The first kappa shape index (κ1) is 8.84. The highest BCUT2D eigenvalue weighted by atomic mass is 14.8. The van der Waals surface area contributed by atoms with Gasteiger partial charge in [0.2, 0.25) is 0 Å². The molecule has 0 heterocycles. The van der Waals surface area contributed by atoms with Crippen molar-refractivity contribution < 1.29 is 0 Å². The van der Waals surface area contributed by atoms with Crippen molar-refractivity contribution in [2.24, 2.45) is 22.9 Å². The van der Waals surface area contributed by atoms with Gasteiger partial charge in [-0.25, -0.2) is 0 Å². The lowest BCUT2D eigenvalue weighted by molar-refractivity contribution is 0.743. The van der Waals surface area contributed by atoms with Gasteiger partial charge in [0.15, 0.2) is 0 Å². The topological polar surface area (TPSA) is 104 Å². The van der Waals surface area contributed by atoms with Crippen molar-refractivity contribution >= 4 is 0 Å². The molecule has 58 valence electrons. The fraction of sp³-hybridized carbons (Fsp3) is 0.333. The van der Waals surface area contributed by atoms with Crippen LogP contribution in [0.15, 0.2) is 24.2 Å². The first-order chi connectivity index (χ1) is 4.57. The molecule has 8 N–H and O–H groups in total. The molecule has 0 rings (SSSR count). The summed E-state index contributed by atoms with van der Waals surface area (Å²) in [5.74, 6) is 0. The van der Waals surface area contributed by atoms with Crippen LogP contribution in [0.4, 0.5) is 0 Å². The molecule has 0 bridgehead atoms. The van der Waals surface area contributed by atoms with E-state index in [-0.39, 0.29) is 6.04 Å². The minimum absolute atomic E-state index is 0.292. The van der Waals surface area contributed by atoms with Crippen LogP contribution in [-0.4, -0.2) is 6.04 Å². The lowest BCUT2D eigenvalue weighted by Crippen LogP contribution is -2.28. The molecule has 0 aliphatic carbocycles. The summed E-state index contributed by atoms with van der Waals surface area (Å²) in [5, 5.41) is 0. The van der Waals surface area contributed by atoms with Gasteiger partial charge in [-0.2, -0.15) is 0 Å². The second-order valence-electron chi connectivity index (χ2n) is 2.13. The Bertz CT molecular complexity index is 150. The first-order valence-corrected chi connectivity index (χ1v) is 2.94. The van der Waals surface area contributed by atoms with E-state index in [4.69, 9.17) is 22.9 Å². The van der Waals surface area contributed by atoms with E-state index in [2.05, 4.69) is 6.58 Å². The van der Waals surface area contributed by atoms with Gasteiger partial charge < -0.3 is 22.9 Å². The molecule has 1 unspecified atom stereocenters. The summed E-state index contributed by atoms with van der Waals surface area (Å²) in [4.78, 5) is 0. The largest absolute Gasteiger partial charge is 0.403 e. The van der Waals surface area contributed by atoms with Gasteiger partial charge in [-0.05, 0) is 0 Å². The third kappa shape index (κ3) is 2.99. The predicted octanol–water partition coefficient (Wildman–Crippen LogP) is -1.06. The van der Waals surface area contributed by atoms with Gasteiger partial charge >= 0.3 is 0 Å². The van der Waals surface area contributed by atoms with E-state index in [0.717, 1.165) is 0 Å². The lowest BCUT2D eigenvalue weighted by atomic mass is 10.1. The molecule has 0 aliphatic rings. The van der Waals surface area contributed by atoms with E-state index < -0.39 is 0 Å². The summed E-state index contributed by atoms with van der Waals surface area (Å²) in [5.41, 5.74) is 22.2. The number of hydrogen-bond donors (Lipinski definition) is 4. The molecule has 0 aliphatic heterocycles. The van der Waals surface area contributed by atoms with Crippen molar-refractivity contribution in [3.8, 4) is 0 Å². The maximum absolute atomic E-state index is 5.49. The molecule has 0 spiro atoms. The van der Waals surface area contributed by atoms with Crippen LogP contribution < -0.4 is 22.9 Å². The van der Waals surface area contributed by atoms with E-state index in [1.807, 2.05) is 0 Å². The van der Waals surface area contributed by atoms with Gasteiger partial charge in [0.25, 0.3) is 0 Å². The Morgan fingerprint density at radius 1 is 1.50 bits per heavy atom. The summed E-state index contributed by atoms with van der Waals surface area (Å²) in [6.07, 6.45) is 1.77. The molecule has 4 nitrogen and oxygen atoms in total. The summed E-state index contributed by atoms with van der Waals surface area (Å²) < 4.78 is 0. The zero-order chi connectivity index (χ0) is 8.15. The Kier molecular flexibility index (Phi) is 3.35. The van der Waals surface area contributed by atoms with Crippen molar-refractivity contribution in [3.63, 3.8) is 0 Å². The SMILES string of the molecule is C=C(N)C(N)C/C(N)=C/N. The number of rotatable bonds is 3. The smallest absolute Gasteiger partial charge is 0.0491 e. The molecule has 1 atom stereocenters. The Hall–Kier alpha value is -1.16. The number of hydrogen-bond acceptors (Lipinski definition) is 4. The molecule has 0 aromatic heterocycles. The Morgan fingerprint density at radius 3 is 2.30 bits per heavy atom. The van der Waals surface area contributed by atoms with E-state index >= 15 is 0 Å². The quantitative estimate of drug-likeness (QED) is 0.403. The summed E-state index contributed by atoms with van der Waals surface area (Å²) in [7, 11) is 0. The second-order valence-corrected chi connectivity index (χ2v) is 2.13. The summed E-state index contributed by atoms with van der Waals surface area (Å²) in [6, 6.07) is -0.292. The van der Waals surface area contributed by atoms with E-state index in [9.17, 15) is 0 Å². The minimum Gasteiger partial charge on any atom is -0.403 e. The van der Waals surface area contributed by atoms with Gasteiger partial charge in [-0.3, -0.25) is 0 Å². The molecule has 0 aromatic rings. The standard InChI is InChI=1S/C6H14N4/c1-4(8)6(10)2-5(9)3-7/h3,6H,1-2,7-10H2/b5-3-. The molecule has 4 heteroatoms. The van der Waals surface area contributed by atoms with Crippen LogP contribution in [0.5, 0.6) is 0 Å². The molecular weight excluding hydrogens is 128 g/mol. The fourth-order valence-electron chi connectivity index (χ4n) is 0.453. The van der Waals surface area contributed by atoms with Crippen LogP contribution >= 0.6 is 0 Å². The van der Waals surface area contributed by atoms with Crippen molar-refractivity contribution in [3.05, 3.63) is 24.2 Å². The van der Waals surface area contributed by atoms with Crippen molar-refractivity contribution in [2.75, 3.05) is 0 Å². The zero-order valence-corrected chi connectivity index (χ0v) is 5.88. The highest BCUT2D eigenvalue weighted by Crippen LogP contribution is 1.98. The van der Waals surface area contributed by atoms with E-state index in [0.29, 0.717) is 17.8 Å². The molecule has 10 heavy (non-hydrogen) atoms. The molecule has 0 saturated heterocycles. The molecule has 0 fully saturated rings. The minimum atomic E-state index is -0.292. The van der Waals surface area contributed by atoms with Crippen LogP contribution in [0.2, 0.25) is 0 Å². The average Bonchev–Trinajstić information content (AvgIpc) is 1.87. The highest BCUT2D eigenvalue weighted by molar-refractivity contribution is 5.06. The number of nitrogens with two attached hydrogens (primary N) is 4. The Labute approximate surface area is 60.5 Å². The molecular formula is C6H14N4. The summed E-state index contributed by atoms with van der Waals surface area (Å²) in [6.45, 7) is 3.47. The van der Waals surface area contributed by atoms with Crippen molar-refractivity contribution in [1.82, 2.24) is 0 Å². The maximum Gasteiger partial charge on any atom is 0.0491 e. The first-order valence-electron chi connectivity index (χ1n) is 2.94.